The maximum atomic E-state index is 12.1. The van der Waals surface area contributed by atoms with Crippen molar-refractivity contribution < 1.29 is 14.3 Å². The molecule has 0 saturated carbocycles. The summed E-state index contributed by atoms with van der Waals surface area (Å²) >= 11 is 0. The Hall–Kier alpha value is -2.33. The van der Waals surface area contributed by atoms with Gasteiger partial charge < -0.3 is 14.4 Å². The highest BCUT2D eigenvalue weighted by atomic mass is 16.5. The maximum absolute atomic E-state index is 12.1. The fraction of sp³-hybridized carbons (Fsp3) is 0.458. The first kappa shape index (κ1) is 19.0. The minimum atomic E-state index is 0.198. The van der Waals surface area contributed by atoms with Crippen molar-refractivity contribution >= 4 is 5.78 Å². The zero-order valence-corrected chi connectivity index (χ0v) is 16.9. The van der Waals surface area contributed by atoms with Crippen molar-refractivity contribution in [3.05, 3.63) is 58.7 Å². The van der Waals surface area contributed by atoms with E-state index in [1.165, 1.54) is 29.5 Å². The van der Waals surface area contributed by atoms with Crippen LogP contribution in [0.5, 0.6) is 11.5 Å². The molecule has 1 aliphatic heterocycles. The van der Waals surface area contributed by atoms with Crippen molar-refractivity contribution in [2.45, 2.75) is 38.0 Å². The average molecular weight is 380 g/mol. The van der Waals surface area contributed by atoms with Gasteiger partial charge in [0.2, 0.25) is 0 Å². The van der Waals surface area contributed by atoms with Crippen LogP contribution in [-0.2, 0) is 12.8 Å². The van der Waals surface area contributed by atoms with Gasteiger partial charge in [0.05, 0.1) is 19.3 Å². The molecule has 1 aliphatic carbocycles. The molecule has 0 amide bonds. The van der Waals surface area contributed by atoms with Crippen LogP contribution >= 0.6 is 0 Å². The fourth-order valence-corrected chi connectivity index (χ4v) is 4.55. The Kier molecular flexibility index (Phi) is 5.67. The highest BCUT2D eigenvalue weighted by Gasteiger charge is 2.24. The second kappa shape index (κ2) is 8.36. The summed E-state index contributed by atoms with van der Waals surface area (Å²) in [7, 11) is 3.96. The molecule has 0 radical (unpaired) electrons. The number of nitrogens with zero attached hydrogens (tertiary/aromatic N) is 1. The highest BCUT2D eigenvalue weighted by molar-refractivity contribution is 5.99. The van der Waals surface area contributed by atoms with E-state index >= 15 is 0 Å². The number of ketones is 1. The largest absolute Gasteiger partial charge is 0.496 e. The van der Waals surface area contributed by atoms with Gasteiger partial charge in [0.25, 0.3) is 0 Å². The molecular weight excluding hydrogens is 350 g/mol. The van der Waals surface area contributed by atoms with Crippen LogP contribution < -0.4 is 9.47 Å². The summed E-state index contributed by atoms with van der Waals surface area (Å²) in [4.78, 5) is 14.5. The van der Waals surface area contributed by atoms with E-state index in [0.717, 1.165) is 43.0 Å². The van der Waals surface area contributed by atoms with Crippen molar-refractivity contribution in [2.75, 3.05) is 33.9 Å². The van der Waals surface area contributed by atoms with E-state index in [2.05, 4.69) is 36.2 Å². The monoisotopic (exact) mass is 379 g/mol. The lowest BCUT2D eigenvalue weighted by Crippen LogP contribution is -2.28. The predicted octanol–water partition coefficient (Wildman–Crippen LogP) is 4.25. The van der Waals surface area contributed by atoms with Gasteiger partial charge in [-0.2, -0.15) is 0 Å². The van der Waals surface area contributed by atoms with Crippen LogP contribution in [0.2, 0.25) is 0 Å². The van der Waals surface area contributed by atoms with Gasteiger partial charge in [-0.15, -0.1) is 0 Å². The van der Waals surface area contributed by atoms with E-state index in [4.69, 9.17) is 9.47 Å². The molecule has 148 valence electrons. The molecule has 0 aromatic heterocycles. The Morgan fingerprint density at radius 2 is 2.11 bits per heavy atom. The number of rotatable bonds is 6. The number of hydrogen-bond acceptors (Lipinski definition) is 4. The number of hydrogen-bond donors (Lipinski definition) is 0. The SMILES string of the molecule is COc1cccc2c1CCCC2CN(C)CCc1ccc2c(c1)C(=O)CCO2. The molecule has 4 heteroatoms. The van der Waals surface area contributed by atoms with Crippen LogP contribution in [0.25, 0.3) is 0 Å². The van der Waals surface area contributed by atoms with Gasteiger partial charge in [-0.05, 0) is 73.5 Å². The van der Waals surface area contributed by atoms with E-state index in [0.29, 0.717) is 18.9 Å². The van der Waals surface area contributed by atoms with E-state index in [9.17, 15) is 4.79 Å². The van der Waals surface area contributed by atoms with Gasteiger partial charge in [0, 0.05) is 19.5 Å². The van der Waals surface area contributed by atoms with E-state index in [1.54, 1.807) is 7.11 Å². The van der Waals surface area contributed by atoms with Crippen LogP contribution in [0.3, 0.4) is 0 Å². The number of fused-ring (bicyclic) bond motifs is 2. The van der Waals surface area contributed by atoms with Crippen LogP contribution in [-0.4, -0.2) is 44.5 Å². The first-order valence-corrected chi connectivity index (χ1v) is 10.3. The smallest absolute Gasteiger partial charge is 0.170 e. The predicted molar refractivity (Wildman–Crippen MR) is 111 cm³/mol. The normalized spacial score (nSPS) is 18.4. The van der Waals surface area contributed by atoms with Gasteiger partial charge in [0.1, 0.15) is 11.5 Å². The summed E-state index contributed by atoms with van der Waals surface area (Å²) < 4.78 is 11.2. The molecule has 0 fully saturated rings. The first-order valence-electron chi connectivity index (χ1n) is 10.3. The van der Waals surface area contributed by atoms with Gasteiger partial charge in [0.15, 0.2) is 5.78 Å². The zero-order valence-electron chi connectivity index (χ0n) is 16.9. The second-order valence-corrected chi connectivity index (χ2v) is 7.98. The van der Waals surface area contributed by atoms with Gasteiger partial charge in [-0.1, -0.05) is 18.2 Å². The Morgan fingerprint density at radius 1 is 1.21 bits per heavy atom. The molecule has 28 heavy (non-hydrogen) atoms. The number of methoxy groups -OCH3 is 1. The summed E-state index contributed by atoms with van der Waals surface area (Å²) in [5, 5.41) is 0. The lowest BCUT2D eigenvalue weighted by molar-refractivity contribution is 0.0933. The standard InChI is InChI=1S/C24H29NO3/c1-25(13-11-17-9-10-24-21(15-17)22(26)12-14-28-24)16-18-5-3-7-20-19(18)6-4-8-23(20)27-2/h4,6,8-10,15,18H,3,5,7,11-14,16H2,1-2H3. The minimum absolute atomic E-state index is 0.198. The van der Waals surface area contributed by atoms with Gasteiger partial charge in [-0.25, -0.2) is 0 Å². The lowest BCUT2D eigenvalue weighted by Gasteiger charge is -2.30. The number of ether oxygens (including phenoxy) is 2. The average Bonchev–Trinajstić information content (AvgIpc) is 2.72. The summed E-state index contributed by atoms with van der Waals surface area (Å²) in [6.45, 7) is 2.53. The number of carbonyl (C=O) groups excluding carboxylic acids is 1. The topological polar surface area (TPSA) is 38.8 Å². The third-order valence-electron chi connectivity index (χ3n) is 6.05. The first-order chi connectivity index (χ1) is 13.7. The summed E-state index contributed by atoms with van der Waals surface area (Å²) in [6.07, 6.45) is 4.99. The van der Waals surface area contributed by atoms with E-state index < -0.39 is 0 Å². The minimum Gasteiger partial charge on any atom is -0.496 e. The fourth-order valence-electron chi connectivity index (χ4n) is 4.55. The molecule has 1 heterocycles. The Labute approximate surface area is 167 Å². The molecule has 4 nitrogen and oxygen atoms in total. The number of likely N-dealkylation sites (N-methyl/N-ethyl adjacent to an activating group) is 1. The van der Waals surface area contributed by atoms with Crippen molar-refractivity contribution in [2.24, 2.45) is 0 Å². The third kappa shape index (κ3) is 3.93. The summed E-state index contributed by atoms with van der Waals surface area (Å²) in [5.74, 6) is 2.53. The Bertz CT molecular complexity index is 861. The molecule has 0 N–H and O–H groups in total. The third-order valence-corrected chi connectivity index (χ3v) is 6.05. The van der Waals surface area contributed by atoms with Crippen LogP contribution in [0.15, 0.2) is 36.4 Å². The molecule has 2 aliphatic rings. The Morgan fingerprint density at radius 3 is 2.96 bits per heavy atom. The molecular formula is C24H29NO3. The number of benzene rings is 2. The number of Topliss-reactive ketones (excluding diaryl/α,β-unsaturated/α-hetero) is 1. The van der Waals surface area contributed by atoms with Crippen LogP contribution in [0.4, 0.5) is 0 Å². The maximum Gasteiger partial charge on any atom is 0.170 e. The van der Waals surface area contributed by atoms with E-state index in [-0.39, 0.29) is 5.78 Å². The number of carbonyl (C=O) groups is 1. The van der Waals surface area contributed by atoms with Crippen molar-refractivity contribution in [1.29, 1.82) is 0 Å². The van der Waals surface area contributed by atoms with Crippen LogP contribution in [0, 0.1) is 0 Å². The highest BCUT2D eigenvalue weighted by Crippen LogP contribution is 2.37. The molecule has 2 aromatic rings. The van der Waals surface area contributed by atoms with Crippen LogP contribution in [0.1, 0.15) is 52.2 Å². The van der Waals surface area contributed by atoms with Crippen molar-refractivity contribution in [1.82, 2.24) is 4.90 Å². The van der Waals surface area contributed by atoms with Crippen molar-refractivity contribution in [3.8, 4) is 11.5 Å². The molecule has 0 saturated heterocycles. The lowest BCUT2D eigenvalue weighted by atomic mass is 9.82. The molecule has 1 atom stereocenters. The van der Waals surface area contributed by atoms with Gasteiger partial charge in [-0.3, -0.25) is 4.79 Å². The van der Waals surface area contributed by atoms with Gasteiger partial charge >= 0.3 is 0 Å². The van der Waals surface area contributed by atoms with Crippen molar-refractivity contribution in [3.63, 3.8) is 0 Å². The second-order valence-electron chi connectivity index (χ2n) is 7.98. The zero-order chi connectivity index (χ0) is 19.5. The molecule has 2 aromatic carbocycles. The summed E-state index contributed by atoms with van der Waals surface area (Å²) in [5.41, 5.74) is 4.80. The Balaban J connectivity index is 1.39. The molecule has 4 rings (SSSR count). The molecule has 1 unspecified atom stereocenters. The molecule has 0 spiro atoms. The quantitative estimate of drug-likeness (QED) is 0.752. The van der Waals surface area contributed by atoms with E-state index in [1.807, 2.05) is 12.1 Å². The molecule has 0 bridgehead atoms. The summed E-state index contributed by atoms with van der Waals surface area (Å²) in [6, 6.07) is 12.5.